The molecule has 0 aliphatic rings. The lowest BCUT2D eigenvalue weighted by atomic mass is 10.2. The molecule has 0 fully saturated rings. The number of rotatable bonds is 9. The minimum Gasteiger partial charge on any atom is -0.456 e. The molecule has 3 N–H and O–H groups in total. The fourth-order valence-electron chi connectivity index (χ4n) is 2.55. The third kappa shape index (κ3) is 5.37. The van der Waals surface area contributed by atoms with Gasteiger partial charge in [0.25, 0.3) is 11.8 Å². The van der Waals surface area contributed by atoms with Gasteiger partial charge in [-0.3, -0.25) is 14.4 Å². The number of primary amides is 1. The Labute approximate surface area is 169 Å². The number of hydrogen-bond acceptors (Lipinski definition) is 7. The van der Waals surface area contributed by atoms with Gasteiger partial charge in [-0.1, -0.05) is 12.1 Å². The normalized spacial score (nSPS) is 10.7. The Bertz CT molecular complexity index is 963. The summed E-state index contributed by atoms with van der Waals surface area (Å²) in [4.78, 5) is 39.4. The van der Waals surface area contributed by atoms with E-state index in [1.807, 2.05) is 24.3 Å². The van der Waals surface area contributed by atoms with Crippen molar-refractivity contribution in [1.82, 2.24) is 4.98 Å². The molecular weight excluding hydrogens is 398 g/mol. The second kappa shape index (κ2) is 9.43. The van der Waals surface area contributed by atoms with Gasteiger partial charge < -0.3 is 15.8 Å². The number of thiazole rings is 1. The molecule has 2 amide bonds. The molecule has 0 atom stereocenters. The first-order valence-electron chi connectivity index (χ1n) is 8.70. The highest BCUT2D eigenvalue weighted by Gasteiger charge is 2.14. The molecule has 1 aromatic carbocycles. The number of unbranched alkanes of at least 4 members (excludes halogenated alkanes) is 1. The molecule has 28 heavy (non-hydrogen) atoms. The van der Waals surface area contributed by atoms with Gasteiger partial charge in [-0.2, -0.15) is 0 Å². The molecule has 9 heteroatoms. The number of amides is 2. The highest BCUT2D eigenvalue weighted by atomic mass is 32.1. The van der Waals surface area contributed by atoms with Crippen molar-refractivity contribution in [2.24, 2.45) is 5.73 Å². The molecule has 0 saturated heterocycles. The second-order valence-electron chi connectivity index (χ2n) is 6.02. The maximum absolute atomic E-state index is 11.8. The Morgan fingerprint density at radius 1 is 1.14 bits per heavy atom. The van der Waals surface area contributed by atoms with E-state index in [4.69, 9.17) is 10.5 Å². The smallest absolute Gasteiger partial charge is 0.306 e. The van der Waals surface area contributed by atoms with Crippen LogP contribution in [0, 0.1) is 0 Å². The van der Waals surface area contributed by atoms with Gasteiger partial charge in [0.05, 0.1) is 20.8 Å². The van der Waals surface area contributed by atoms with E-state index in [1.54, 1.807) is 16.7 Å². The fraction of sp³-hybridized carbons (Fsp3) is 0.263. The van der Waals surface area contributed by atoms with Crippen LogP contribution in [0.5, 0.6) is 0 Å². The Morgan fingerprint density at radius 2 is 1.96 bits per heavy atom. The van der Waals surface area contributed by atoms with Crippen LogP contribution < -0.4 is 11.1 Å². The summed E-state index contributed by atoms with van der Waals surface area (Å²) in [7, 11) is 0. The van der Waals surface area contributed by atoms with E-state index in [-0.39, 0.29) is 12.0 Å². The number of nitrogens with one attached hydrogen (secondary N) is 1. The number of anilines is 1. The Hall–Kier alpha value is -2.78. The predicted octanol–water partition coefficient (Wildman–Crippen LogP) is 3.35. The quantitative estimate of drug-likeness (QED) is 0.410. The van der Waals surface area contributed by atoms with Gasteiger partial charge in [-0.05, 0) is 42.8 Å². The van der Waals surface area contributed by atoms with Crippen molar-refractivity contribution >= 4 is 55.7 Å². The average molecular weight is 418 g/mol. The summed E-state index contributed by atoms with van der Waals surface area (Å²) in [6, 6.07) is 9.51. The Morgan fingerprint density at radius 3 is 2.75 bits per heavy atom. The molecule has 146 valence electrons. The van der Waals surface area contributed by atoms with Crippen LogP contribution in [0.25, 0.3) is 10.2 Å². The molecule has 2 aromatic heterocycles. The summed E-state index contributed by atoms with van der Waals surface area (Å²) in [5.74, 6) is -1.56. The molecule has 0 saturated carbocycles. The van der Waals surface area contributed by atoms with Crippen LogP contribution >= 0.6 is 22.7 Å². The van der Waals surface area contributed by atoms with Crippen LogP contribution in [0.15, 0.2) is 35.7 Å². The maximum Gasteiger partial charge on any atom is 0.306 e. The Balaban J connectivity index is 1.34. The van der Waals surface area contributed by atoms with Gasteiger partial charge >= 0.3 is 5.97 Å². The van der Waals surface area contributed by atoms with Crippen molar-refractivity contribution in [2.45, 2.75) is 25.7 Å². The standard InChI is InChI=1S/C19H19N3O4S2/c20-18(25)12-9-10-27-19(12)22-15(23)11-26-17(24)8-4-3-7-16-21-13-5-1-2-6-14(13)28-16/h1-2,5-6,9-10H,3-4,7-8,11H2,(H2,20,25)(H,22,23). The number of nitrogens with zero attached hydrogens (tertiary/aromatic N) is 1. The molecule has 7 nitrogen and oxygen atoms in total. The first kappa shape index (κ1) is 20.0. The van der Waals surface area contributed by atoms with Crippen LogP contribution in [-0.4, -0.2) is 29.4 Å². The largest absolute Gasteiger partial charge is 0.456 e. The molecule has 0 spiro atoms. The summed E-state index contributed by atoms with van der Waals surface area (Å²) in [6.07, 6.45) is 2.52. The van der Waals surface area contributed by atoms with Crippen molar-refractivity contribution in [2.75, 3.05) is 11.9 Å². The van der Waals surface area contributed by atoms with E-state index < -0.39 is 24.4 Å². The second-order valence-corrected chi connectivity index (χ2v) is 8.05. The zero-order chi connectivity index (χ0) is 19.9. The van der Waals surface area contributed by atoms with Gasteiger partial charge in [0, 0.05) is 6.42 Å². The highest BCUT2D eigenvalue weighted by Crippen LogP contribution is 2.23. The third-order valence-corrected chi connectivity index (χ3v) is 5.83. The van der Waals surface area contributed by atoms with Crippen molar-refractivity contribution in [3.8, 4) is 0 Å². The number of nitrogens with two attached hydrogens (primary N) is 1. The number of para-hydroxylation sites is 1. The fourth-order valence-corrected chi connectivity index (χ4v) is 4.37. The van der Waals surface area contributed by atoms with Gasteiger partial charge in [0.15, 0.2) is 6.61 Å². The number of carbonyl (C=O) groups excluding carboxylic acids is 3. The predicted molar refractivity (Wildman–Crippen MR) is 110 cm³/mol. The summed E-state index contributed by atoms with van der Waals surface area (Å²) in [5, 5.41) is 5.57. The Kier molecular flexibility index (Phi) is 6.72. The summed E-state index contributed by atoms with van der Waals surface area (Å²) >= 11 is 2.84. The van der Waals surface area contributed by atoms with Crippen molar-refractivity contribution < 1.29 is 19.1 Å². The molecule has 2 heterocycles. The zero-order valence-electron chi connectivity index (χ0n) is 15.0. The van der Waals surface area contributed by atoms with Crippen LogP contribution in [0.3, 0.4) is 0 Å². The monoisotopic (exact) mass is 417 g/mol. The first-order chi connectivity index (χ1) is 13.5. The van der Waals surface area contributed by atoms with Crippen LogP contribution in [-0.2, 0) is 20.7 Å². The van der Waals surface area contributed by atoms with E-state index in [9.17, 15) is 14.4 Å². The van der Waals surface area contributed by atoms with Gasteiger partial charge in [-0.25, -0.2) is 4.98 Å². The van der Waals surface area contributed by atoms with Crippen molar-refractivity contribution in [3.05, 3.63) is 46.3 Å². The first-order valence-corrected chi connectivity index (χ1v) is 10.4. The van der Waals surface area contributed by atoms with E-state index in [2.05, 4.69) is 10.3 Å². The number of fused-ring (bicyclic) bond motifs is 1. The summed E-state index contributed by atoms with van der Waals surface area (Å²) in [5.41, 5.74) is 6.45. The average Bonchev–Trinajstić information content (AvgIpc) is 3.29. The van der Waals surface area contributed by atoms with Crippen molar-refractivity contribution in [1.29, 1.82) is 0 Å². The third-order valence-electron chi connectivity index (χ3n) is 3.91. The van der Waals surface area contributed by atoms with E-state index in [0.29, 0.717) is 11.4 Å². The van der Waals surface area contributed by atoms with Crippen LogP contribution in [0.2, 0.25) is 0 Å². The van der Waals surface area contributed by atoms with Gasteiger partial charge in [0.1, 0.15) is 5.00 Å². The number of ether oxygens (including phenoxy) is 1. The van der Waals surface area contributed by atoms with E-state index >= 15 is 0 Å². The van der Waals surface area contributed by atoms with Gasteiger partial charge in [0.2, 0.25) is 0 Å². The molecule has 0 aliphatic carbocycles. The van der Waals surface area contributed by atoms with Crippen LogP contribution in [0.1, 0.15) is 34.6 Å². The number of esters is 1. The summed E-state index contributed by atoms with van der Waals surface area (Å²) in [6.45, 7) is -0.396. The molecule has 0 aliphatic heterocycles. The zero-order valence-corrected chi connectivity index (χ0v) is 16.6. The lowest BCUT2D eigenvalue weighted by Gasteiger charge is -2.06. The molecule has 0 radical (unpaired) electrons. The number of thiophene rings is 1. The van der Waals surface area contributed by atoms with Gasteiger partial charge in [-0.15, -0.1) is 22.7 Å². The number of benzene rings is 1. The molecule has 0 unspecified atom stereocenters. The number of aromatic nitrogens is 1. The number of carbonyl (C=O) groups is 3. The van der Waals surface area contributed by atoms with Crippen LogP contribution in [0.4, 0.5) is 5.00 Å². The molecular formula is C19H19N3O4S2. The highest BCUT2D eigenvalue weighted by molar-refractivity contribution is 7.18. The van der Waals surface area contributed by atoms with Crippen molar-refractivity contribution in [3.63, 3.8) is 0 Å². The number of aryl methyl sites for hydroxylation is 1. The lowest BCUT2D eigenvalue weighted by molar-refractivity contribution is -0.147. The van der Waals surface area contributed by atoms with E-state index in [1.165, 1.54) is 17.4 Å². The lowest BCUT2D eigenvalue weighted by Crippen LogP contribution is -2.22. The molecule has 3 aromatic rings. The topological polar surface area (TPSA) is 111 Å². The summed E-state index contributed by atoms with van der Waals surface area (Å²) < 4.78 is 6.14. The minimum atomic E-state index is -0.623. The SMILES string of the molecule is NC(=O)c1ccsc1NC(=O)COC(=O)CCCCc1nc2ccccc2s1. The van der Waals surface area contributed by atoms with E-state index in [0.717, 1.165) is 28.1 Å². The molecule has 3 rings (SSSR count). The minimum absolute atomic E-state index is 0.236. The molecule has 0 bridgehead atoms. The maximum atomic E-state index is 11.8. The number of hydrogen-bond donors (Lipinski definition) is 2.